The molecule has 2 aliphatic rings. The lowest BCUT2D eigenvalue weighted by atomic mass is 9.66. The van der Waals surface area contributed by atoms with E-state index in [1.54, 1.807) is 0 Å². The summed E-state index contributed by atoms with van der Waals surface area (Å²) in [5.41, 5.74) is 12.6. The molecule has 0 nitrogen and oxygen atoms in total. The van der Waals surface area contributed by atoms with Crippen molar-refractivity contribution >= 4 is 33.3 Å². The van der Waals surface area contributed by atoms with Crippen LogP contribution in [0.5, 0.6) is 0 Å². The normalized spacial score (nSPS) is 15.8. The van der Waals surface area contributed by atoms with Gasteiger partial charge in [0.25, 0.3) is 0 Å². The first-order chi connectivity index (χ1) is 22.8. The maximum atomic E-state index is 2.39. The summed E-state index contributed by atoms with van der Waals surface area (Å²) in [6.07, 6.45) is 0. The van der Waals surface area contributed by atoms with Crippen LogP contribution in [0.3, 0.4) is 0 Å². The van der Waals surface area contributed by atoms with Crippen LogP contribution >= 0.6 is 11.8 Å². The summed E-state index contributed by atoms with van der Waals surface area (Å²) in [4.78, 5) is 2.66. The molecule has 0 saturated carbocycles. The van der Waals surface area contributed by atoms with Gasteiger partial charge in [-0.05, 0) is 90.0 Å². The molecule has 1 heterocycles. The summed E-state index contributed by atoms with van der Waals surface area (Å²) < 4.78 is 0. The zero-order chi connectivity index (χ0) is 30.2. The Morgan fingerprint density at radius 2 is 1.09 bits per heavy atom. The van der Waals surface area contributed by atoms with Crippen molar-refractivity contribution in [2.75, 3.05) is 0 Å². The van der Waals surface area contributed by atoms with Gasteiger partial charge in [-0.3, -0.25) is 0 Å². The Morgan fingerprint density at radius 3 is 1.98 bits per heavy atom. The summed E-state index contributed by atoms with van der Waals surface area (Å²) in [5.74, 6) is 0. The third-order valence-corrected chi connectivity index (χ3v) is 11.3. The van der Waals surface area contributed by atoms with Gasteiger partial charge >= 0.3 is 0 Å². The Balaban J connectivity index is 1.18. The van der Waals surface area contributed by atoms with Crippen molar-refractivity contribution in [3.05, 3.63) is 192 Å². The van der Waals surface area contributed by atoms with Gasteiger partial charge in [0.2, 0.25) is 0 Å². The lowest BCUT2D eigenvalue weighted by molar-refractivity contribution is 0.775. The number of fused-ring (bicyclic) bond motifs is 7. The largest absolute Gasteiger partial charge is 0.0888 e. The maximum absolute atomic E-state index is 2.39. The van der Waals surface area contributed by atoms with Gasteiger partial charge in [-0.15, -0.1) is 0 Å². The zero-order valence-corrected chi connectivity index (χ0v) is 25.9. The third kappa shape index (κ3) is 3.52. The number of rotatable bonds is 3. The minimum Gasteiger partial charge on any atom is -0.0888 e. The summed E-state index contributed by atoms with van der Waals surface area (Å²) in [5, 5.41) is 5.25. The fourth-order valence-corrected chi connectivity index (χ4v) is 9.32. The number of hydrogen-bond acceptors (Lipinski definition) is 1. The van der Waals surface area contributed by atoms with Crippen molar-refractivity contribution in [2.45, 2.75) is 15.2 Å². The Labute approximate surface area is 273 Å². The van der Waals surface area contributed by atoms with Crippen molar-refractivity contribution < 1.29 is 0 Å². The van der Waals surface area contributed by atoms with E-state index in [9.17, 15) is 0 Å². The van der Waals surface area contributed by atoms with Gasteiger partial charge in [0.1, 0.15) is 0 Å². The number of hydrogen-bond donors (Lipinski definition) is 0. The smallest absolute Gasteiger partial charge is 0.0719 e. The Hall–Kier alpha value is -5.37. The van der Waals surface area contributed by atoms with Crippen molar-refractivity contribution in [1.29, 1.82) is 0 Å². The van der Waals surface area contributed by atoms with Crippen LogP contribution in [0.25, 0.3) is 54.9 Å². The van der Waals surface area contributed by atoms with Crippen molar-refractivity contribution in [3.63, 3.8) is 0 Å². The summed E-state index contributed by atoms with van der Waals surface area (Å²) >= 11 is 1.88. The molecule has 0 saturated heterocycles. The quantitative estimate of drug-likeness (QED) is 0.194. The minimum absolute atomic E-state index is 0.432. The van der Waals surface area contributed by atoms with E-state index in [4.69, 9.17) is 0 Å². The van der Waals surface area contributed by atoms with E-state index in [-0.39, 0.29) is 0 Å². The summed E-state index contributed by atoms with van der Waals surface area (Å²) in [6.45, 7) is 0. The lowest BCUT2D eigenvalue weighted by Crippen LogP contribution is -2.28. The molecule has 46 heavy (non-hydrogen) atoms. The Bertz CT molecular complexity index is 2480. The second-order valence-electron chi connectivity index (χ2n) is 12.4. The van der Waals surface area contributed by atoms with Gasteiger partial charge < -0.3 is 0 Å². The zero-order valence-electron chi connectivity index (χ0n) is 25.1. The van der Waals surface area contributed by atoms with E-state index in [2.05, 4.69) is 170 Å². The molecule has 1 heteroatoms. The molecule has 1 aliphatic carbocycles. The first kappa shape index (κ1) is 25.9. The molecule has 1 aliphatic heterocycles. The second-order valence-corrected chi connectivity index (χ2v) is 13.5. The van der Waals surface area contributed by atoms with Crippen molar-refractivity contribution in [3.8, 4) is 33.4 Å². The van der Waals surface area contributed by atoms with Crippen LogP contribution < -0.4 is 0 Å². The monoisotopic (exact) mass is 600 g/mol. The molecule has 8 aromatic carbocycles. The molecule has 214 valence electrons. The van der Waals surface area contributed by atoms with Gasteiger partial charge in [-0.1, -0.05) is 163 Å². The van der Waals surface area contributed by atoms with Crippen LogP contribution in [0.4, 0.5) is 0 Å². The Kier molecular flexibility index (Phi) is 5.53. The van der Waals surface area contributed by atoms with E-state index in [1.165, 1.54) is 87.0 Å². The van der Waals surface area contributed by atoms with Gasteiger partial charge in [0, 0.05) is 15.2 Å². The maximum Gasteiger partial charge on any atom is 0.0719 e. The van der Waals surface area contributed by atoms with Crippen LogP contribution in [0.2, 0.25) is 0 Å². The fraction of sp³-hybridized carbons (Fsp3) is 0.0222. The summed E-state index contributed by atoms with van der Waals surface area (Å²) in [7, 11) is 0. The van der Waals surface area contributed by atoms with E-state index in [1.807, 2.05) is 11.8 Å². The standard InChI is InChI=1S/C45H28S/c1-2-13-33(14-3-1)45(40-18-7-6-16-36(40)38-26-22-30-10-4-5-15-35(30)44(38)45)34-24-20-29(21-25-34)32-23-27-41-39(28-32)37-17-8-11-31-12-9-19-42(46-41)43(31)37/h1-28H. The van der Waals surface area contributed by atoms with E-state index >= 15 is 0 Å². The average molecular weight is 601 g/mol. The molecule has 1 atom stereocenters. The predicted molar refractivity (Wildman–Crippen MR) is 194 cm³/mol. The molecule has 0 N–H and O–H groups in total. The van der Waals surface area contributed by atoms with Gasteiger partial charge in [-0.2, -0.15) is 0 Å². The van der Waals surface area contributed by atoms with Crippen molar-refractivity contribution in [2.24, 2.45) is 0 Å². The molecule has 0 aromatic heterocycles. The fourth-order valence-electron chi connectivity index (χ4n) is 8.19. The van der Waals surface area contributed by atoms with Crippen LogP contribution in [0.15, 0.2) is 180 Å². The molecule has 1 unspecified atom stereocenters. The number of benzene rings is 8. The van der Waals surface area contributed by atoms with Gasteiger partial charge in [0.05, 0.1) is 5.41 Å². The molecular formula is C45H28S. The highest BCUT2D eigenvalue weighted by Gasteiger charge is 2.47. The van der Waals surface area contributed by atoms with Crippen LogP contribution in [-0.4, -0.2) is 0 Å². The molecule has 10 rings (SSSR count). The third-order valence-electron chi connectivity index (χ3n) is 10.1. The van der Waals surface area contributed by atoms with Crippen LogP contribution in [0.1, 0.15) is 22.3 Å². The first-order valence-electron chi connectivity index (χ1n) is 15.9. The average Bonchev–Trinajstić information content (AvgIpc) is 3.44. The highest BCUT2D eigenvalue weighted by molar-refractivity contribution is 7.99. The summed E-state index contributed by atoms with van der Waals surface area (Å²) in [6, 6.07) is 63.3. The van der Waals surface area contributed by atoms with Gasteiger partial charge in [0.15, 0.2) is 0 Å². The minimum atomic E-state index is -0.432. The molecule has 0 amide bonds. The molecule has 0 fully saturated rings. The van der Waals surface area contributed by atoms with Gasteiger partial charge in [-0.25, -0.2) is 0 Å². The topological polar surface area (TPSA) is 0 Å². The second kappa shape index (κ2) is 9.81. The SMILES string of the molecule is c1ccc(C2(c3ccc(-c4ccc5c(c4)-c4cccc6cccc(c46)S5)cc3)c3ccccc3-c3ccc4ccccc4c32)cc1. The lowest BCUT2D eigenvalue weighted by Gasteiger charge is -2.34. The highest BCUT2D eigenvalue weighted by atomic mass is 32.2. The van der Waals surface area contributed by atoms with E-state index in [0.717, 1.165) is 0 Å². The first-order valence-corrected chi connectivity index (χ1v) is 16.7. The van der Waals surface area contributed by atoms with Crippen LogP contribution in [0, 0.1) is 0 Å². The van der Waals surface area contributed by atoms with Crippen molar-refractivity contribution in [1.82, 2.24) is 0 Å². The van der Waals surface area contributed by atoms with E-state index in [0.29, 0.717) is 0 Å². The van der Waals surface area contributed by atoms with E-state index < -0.39 is 5.41 Å². The molecule has 8 aromatic rings. The Morgan fingerprint density at radius 1 is 0.391 bits per heavy atom. The predicted octanol–water partition coefficient (Wildman–Crippen LogP) is 12.2. The molecule has 0 radical (unpaired) electrons. The molecular weight excluding hydrogens is 573 g/mol. The molecule has 0 spiro atoms. The van der Waals surface area contributed by atoms with Crippen LogP contribution in [-0.2, 0) is 5.41 Å². The highest BCUT2D eigenvalue weighted by Crippen LogP contribution is 2.58. The molecule has 0 bridgehead atoms.